The van der Waals surface area contributed by atoms with Crippen molar-refractivity contribution in [1.29, 1.82) is 0 Å². The number of benzene rings is 3. The average Bonchev–Trinajstić information content (AvgIpc) is 3.15. The van der Waals surface area contributed by atoms with Gasteiger partial charge in [0.1, 0.15) is 0 Å². The molecule has 3 N–H and O–H groups in total. The first-order valence-electron chi connectivity index (χ1n) is 17.4. The molecule has 5 rings (SSSR count). The van der Waals surface area contributed by atoms with Gasteiger partial charge in [0.15, 0.2) is 5.78 Å². The van der Waals surface area contributed by atoms with Crippen LogP contribution in [0.1, 0.15) is 97.4 Å². The minimum Gasteiger partial charge on any atom is -0.338 e. The third kappa shape index (κ3) is 11.4. The first-order chi connectivity index (χ1) is 23.4. The molecule has 2 heterocycles. The van der Waals surface area contributed by atoms with E-state index in [2.05, 4.69) is 92.5 Å². The van der Waals surface area contributed by atoms with Gasteiger partial charge in [0.05, 0.1) is 6.04 Å². The number of halogens is 1. The number of nitrogens with zero attached hydrogens (tertiary/aromatic N) is 1. The molecule has 1 fully saturated rings. The summed E-state index contributed by atoms with van der Waals surface area (Å²) in [6.07, 6.45) is 3.10. The summed E-state index contributed by atoms with van der Waals surface area (Å²) in [4.78, 5) is 38.2. The Morgan fingerprint density at radius 1 is 0.812 bits per heavy atom. The predicted octanol–water partition coefficient (Wildman–Crippen LogP) is 9.55. The molecular weight excluding hydrogens is 664 g/mol. The molecule has 1 unspecified atom stereocenters. The molecular formula is C40H57BrN4O3. The van der Waals surface area contributed by atoms with Crippen LogP contribution >= 0.6 is 15.9 Å². The maximum absolute atomic E-state index is 12.5. The largest absolute Gasteiger partial charge is 0.338 e. The molecule has 0 saturated carbocycles. The molecule has 0 bridgehead atoms. The number of urea groups is 2. The number of alkyl halides is 1. The highest BCUT2D eigenvalue weighted by atomic mass is 79.9. The van der Waals surface area contributed by atoms with Crippen molar-refractivity contribution in [2.75, 3.05) is 25.0 Å². The first-order valence-corrected chi connectivity index (χ1v) is 18.5. The zero-order chi connectivity index (χ0) is 36.0. The molecule has 2 aliphatic heterocycles. The Bertz CT molecular complexity index is 1330. The van der Waals surface area contributed by atoms with E-state index in [-0.39, 0.29) is 11.2 Å². The fourth-order valence-electron chi connectivity index (χ4n) is 5.82. The standard InChI is InChI=1S/C17H20BrN3O3.C17H19N.3C2H6/c1-11-14(12(2)22)15(13-7-4-3-5-8-13)21(17(24)20-11)16(23)19-10-6-9-18;1-3-7-15(8-4-1)17(11-13-18-14-12-17)16-9-5-2-6-10-16;3*1-2/h3-5,7-8,15H,6,9-10H2,1-2H3,(H,19,23)(H,20,24);1-10,18H,11-14H2;3*1-2H3. The Morgan fingerprint density at radius 2 is 1.27 bits per heavy atom. The van der Waals surface area contributed by atoms with Gasteiger partial charge in [0.2, 0.25) is 0 Å². The van der Waals surface area contributed by atoms with Gasteiger partial charge < -0.3 is 16.0 Å². The van der Waals surface area contributed by atoms with Crippen LogP contribution in [0.2, 0.25) is 0 Å². The van der Waals surface area contributed by atoms with Crippen molar-refractivity contribution in [1.82, 2.24) is 20.9 Å². The van der Waals surface area contributed by atoms with E-state index in [0.29, 0.717) is 23.4 Å². The fraction of sp³-hybridized carbons (Fsp3) is 0.425. The molecule has 7 nitrogen and oxygen atoms in total. The third-order valence-corrected chi connectivity index (χ3v) is 8.42. The smallest absolute Gasteiger partial charge is 0.330 e. The number of carbonyl (C=O) groups excluding carboxylic acids is 3. The summed E-state index contributed by atoms with van der Waals surface area (Å²) in [5.41, 5.74) is 4.72. The summed E-state index contributed by atoms with van der Waals surface area (Å²) in [5.74, 6) is -0.181. The zero-order valence-corrected chi connectivity index (χ0v) is 31.8. The van der Waals surface area contributed by atoms with Gasteiger partial charge >= 0.3 is 12.1 Å². The van der Waals surface area contributed by atoms with Crippen LogP contribution in [0.15, 0.2) is 102 Å². The van der Waals surface area contributed by atoms with Crippen molar-refractivity contribution in [2.45, 2.75) is 86.1 Å². The Balaban J connectivity index is 0.000000426. The lowest BCUT2D eigenvalue weighted by Crippen LogP contribution is -2.54. The van der Waals surface area contributed by atoms with Crippen LogP contribution in [-0.2, 0) is 10.2 Å². The number of imide groups is 1. The molecule has 1 atom stereocenters. The van der Waals surface area contributed by atoms with Crippen LogP contribution in [0.5, 0.6) is 0 Å². The summed E-state index contributed by atoms with van der Waals surface area (Å²) in [5, 5.41) is 9.56. The highest BCUT2D eigenvalue weighted by Crippen LogP contribution is 2.40. The fourth-order valence-corrected chi connectivity index (χ4v) is 6.10. The molecule has 4 amide bonds. The molecule has 0 aromatic heterocycles. The number of allylic oxidation sites excluding steroid dienone is 1. The van der Waals surface area contributed by atoms with E-state index in [1.165, 1.54) is 30.9 Å². The van der Waals surface area contributed by atoms with E-state index in [4.69, 9.17) is 0 Å². The minimum absolute atomic E-state index is 0.181. The van der Waals surface area contributed by atoms with Crippen LogP contribution < -0.4 is 16.0 Å². The topological polar surface area (TPSA) is 90.5 Å². The number of nitrogens with one attached hydrogen (secondary N) is 3. The van der Waals surface area contributed by atoms with Crippen LogP contribution in [0.25, 0.3) is 0 Å². The lowest BCUT2D eigenvalue weighted by atomic mass is 9.68. The Kier molecular flexibility index (Phi) is 20.7. The third-order valence-electron chi connectivity index (χ3n) is 7.86. The highest BCUT2D eigenvalue weighted by Gasteiger charge is 2.40. The average molecular weight is 722 g/mol. The molecule has 262 valence electrons. The van der Waals surface area contributed by atoms with Crippen molar-refractivity contribution in [2.24, 2.45) is 0 Å². The Morgan fingerprint density at radius 3 is 1.71 bits per heavy atom. The molecule has 0 spiro atoms. The van der Waals surface area contributed by atoms with Gasteiger partial charge in [-0.15, -0.1) is 0 Å². The normalized spacial score (nSPS) is 16.1. The summed E-state index contributed by atoms with van der Waals surface area (Å²) >= 11 is 3.30. The van der Waals surface area contributed by atoms with Crippen LogP contribution in [0, 0.1) is 0 Å². The van der Waals surface area contributed by atoms with Crippen LogP contribution in [0.4, 0.5) is 9.59 Å². The molecule has 48 heavy (non-hydrogen) atoms. The van der Waals surface area contributed by atoms with E-state index in [1.54, 1.807) is 19.1 Å². The Hall–Kier alpha value is -3.75. The summed E-state index contributed by atoms with van der Waals surface area (Å²) in [6, 6.07) is 29.2. The van der Waals surface area contributed by atoms with Gasteiger partial charge in [-0.1, -0.05) is 148 Å². The van der Waals surface area contributed by atoms with Crippen molar-refractivity contribution >= 4 is 33.8 Å². The number of Topliss-reactive ketones (excluding diaryl/α,β-unsaturated/α-hetero) is 1. The number of ketones is 1. The second-order valence-corrected chi connectivity index (χ2v) is 11.3. The molecule has 3 aromatic carbocycles. The quantitative estimate of drug-likeness (QED) is 0.168. The van der Waals surface area contributed by atoms with E-state index in [0.717, 1.165) is 29.7 Å². The summed E-state index contributed by atoms with van der Waals surface area (Å²) in [6.45, 7) is 17.7. The maximum atomic E-state index is 12.5. The zero-order valence-electron chi connectivity index (χ0n) is 30.2. The predicted molar refractivity (Wildman–Crippen MR) is 205 cm³/mol. The summed E-state index contributed by atoms with van der Waals surface area (Å²) < 4.78 is 0. The van der Waals surface area contributed by atoms with Gasteiger partial charge in [-0.05, 0) is 62.9 Å². The maximum Gasteiger partial charge on any atom is 0.330 e. The molecule has 2 aliphatic rings. The molecule has 0 radical (unpaired) electrons. The lowest BCUT2D eigenvalue weighted by Gasteiger charge is -2.39. The highest BCUT2D eigenvalue weighted by molar-refractivity contribution is 9.09. The monoisotopic (exact) mass is 720 g/mol. The van der Waals surface area contributed by atoms with Gasteiger partial charge in [-0.2, -0.15) is 0 Å². The number of hydrogen-bond donors (Lipinski definition) is 3. The van der Waals surface area contributed by atoms with E-state index in [1.807, 2.05) is 59.7 Å². The van der Waals surface area contributed by atoms with E-state index < -0.39 is 18.1 Å². The van der Waals surface area contributed by atoms with Gasteiger partial charge in [-0.3, -0.25) is 4.79 Å². The van der Waals surface area contributed by atoms with Crippen LogP contribution in [0.3, 0.4) is 0 Å². The van der Waals surface area contributed by atoms with Gasteiger partial charge in [0, 0.05) is 28.6 Å². The molecule has 8 heteroatoms. The molecule has 0 aliphatic carbocycles. The number of hydrogen-bond acceptors (Lipinski definition) is 4. The minimum atomic E-state index is -0.735. The van der Waals surface area contributed by atoms with Gasteiger partial charge in [0.25, 0.3) is 0 Å². The lowest BCUT2D eigenvalue weighted by molar-refractivity contribution is -0.114. The number of amides is 4. The van der Waals surface area contributed by atoms with E-state index >= 15 is 0 Å². The SMILES string of the molecule is CC.CC.CC.CC(=O)C1=C(C)NC(=O)N(C(=O)NCCCBr)C1c1ccccc1.c1ccc(C2(c3ccccc3)CCNCC2)cc1. The molecule has 3 aromatic rings. The second kappa shape index (κ2) is 23.6. The first kappa shape index (κ1) is 42.3. The number of rotatable bonds is 7. The molecule has 1 saturated heterocycles. The number of carbonyl (C=O) groups is 3. The second-order valence-electron chi connectivity index (χ2n) is 10.5. The van der Waals surface area contributed by atoms with E-state index in [9.17, 15) is 14.4 Å². The Labute approximate surface area is 298 Å². The van der Waals surface area contributed by atoms with Crippen molar-refractivity contribution in [3.63, 3.8) is 0 Å². The number of piperidine rings is 1. The summed E-state index contributed by atoms with van der Waals surface area (Å²) in [7, 11) is 0. The van der Waals surface area contributed by atoms with Crippen molar-refractivity contribution in [3.8, 4) is 0 Å². The van der Waals surface area contributed by atoms with Crippen LogP contribution in [-0.4, -0.2) is 47.7 Å². The van der Waals surface area contributed by atoms with Crippen molar-refractivity contribution < 1.29 is 14.4 Å². The van der Waals surface area contributed by atoms with Crippen molar-refractivity contribution in [3.05, 3.63) is 119 Å². The van der Waals surface area contributed by atoms with Gasteiger partial charge in [-0.25, -0.2) is 14.5 Å².